The predicted octanol–water partition coefficient (Wildman–Crippen LogP) is 0.797. The summed E-state index contributed by atoms with van der Waals surface area (Å²) in [5.74, 6) is 0. The minimum Gasteiger partial charge on any atom is -0.349 e. The summed E-state index contributed by atoms with van der Waals surface area (Å²) in [5, 5.41) is 0. The molecule has 0 bridgehead atoms. The fourth-order valence-electron chi connectivity index (χ4n) is 1.81. The Hall–Kier alpha value is -0.850. The number of hydrogen-bond donors (Lipinski definition) is 2. The summed E-state index contributed by atoms with van der Waals surface area (Å²) in [4.78, 5) is 0.313. The standard InChI is InChI=1S/C11H19N3O2S/c1-3-14-8-10(6-9(14)7-12)17(15,16)13-11(2)4-5-11/h6,8,13H,3-5,7,12H2,1-2H3. The molecule has 5 nitrogen and oxygen atoms in total. The third-order valence-electron chi connectivity index (χ3n) is 3.20. The van der Waals surface area contributed by atoms with Crippen molar-refractivity contribution >= 4 is 10.0 Å². The first-order valence-electron chi connectivity index (χ1n) is 5.83. The molecule has 0 radical (unpaired) electrons. The van der Waals surface area contributed by atoms with E-state index in [1.807, 2.05) is 18.4 Å². The molecular weight excluding hydrogens is 238 g/mol. The Kier molecular flexibility index (Phi) is 3.05. The average Bonchev–Trinajstić information content (AvgIpc) is 2.83. The van der Waals surface area contributed by atoms with E-state index < -0.39 is 10.0 Å². The molecule has 1 aromatic heterocycles. The molecule has 0 aliphatic heterocycles. The van der Waals surface area contributed by atoms with Gasteiger partial charge in [-0.05, 0) is 32.8 Å². The van der Waals surface area contributed by atoms with Gasteiger partial charge in [-0.2, -0.15) is 0 Å². The molecule has 1 aliphatic rings. The first-order valence-corrected chi connectivity index (χ1v) is 7.31. The molecule has 0 unspecified atom stereocenters. The quantitative estimate of drug-likeness (QED) is 0.819. The van der Waals surface area contributed by atoms with Gasteiger partial charge in [0.05, 0.1) is 4.90 Å². The zero-order valence-corrected chi connectivity index (χ0v) is 11.0. The average molecular weight is 257 g/mol. The van der Waals surface area contributed by atoms with E-state index in [1.165, 1.54) is 0 Å². The Morgan fingerprint density at radius 3 is 2.59 bits per heavy atom. The van der Waals surface area contributed by atoms with Crippen LogP contribution in [0.25, 0.3) is 0 Å². The Morgan fingerprint density at radius 2 is 2.18 bits per heavy atom. The maximum atomic E-state index is 12.1. The molecule has 0 atom stereocenters. The molecule has 1 saturated carbocycles. The third kappa shape index (κ3) is 2.53. The number of hydrogen-bond acceptors (Lipinski definition) is 3. The Morgan fingerprint density at radius 1 is 1.53 bits per heavy atom. The van der Waals surface area contributed by atoms with Gasteiger partial charge in [0.1, 0.15) is 0 Å². The topological polar surface area (TPSA) is 77.1 Å². The van der Waals surface area contributed by atoms with Gasteiger partial charge in [-0.25, -0.2) is 13.1 Å². The van der Waals surface area contributed by atoms with Crippen molar-refractivity contribution in [2.75, 3.05) is 0 Å². The van der Waals surface area contributed by atoms with E-state index in [9.17, 15) is 8.42 Å². The zero-order chi connectivity index (χ0) is 12.7. The third-order valence-corrected chi connectivity index (χ3v) is 4.81. The van der Waals surface area contributed by atoms with Crippen LogP contribution in [0.2, 0.25) is 0 Å². The molecule has 1 aromatic rings. The minimum absolute atomic E-state index is 0.240. The number of nitrogens with one attached hydrogen (secondary N) is 1. The fourth-order valence-corrected chi connectivity index (χ4v) is 3.34. The number of rotatable bonds is 5. The summed E-state index contributed by atoms with van der Waals surface area (Å²) < 4.78 is 28.8. The molecule has 17 heavy (non-hydrogen) atoms. The van der Waals surface area contributed by atoms with Gasteiger partial charge < -0.3 is 10.3 Å². The molecule has 2 rings (SSSR count). The highest BCUT2D eigenvalue weighted by molar-refractivity contribution is 7.89. The smallest absolute Gasteiger partial charge is 0.242 e. The van der Waals surface area contributed by atoms with E-state index in [0.29, 0.717) is 11.4 Å². The SMILES string of the molecule is CCn1cc(S(=O)(=O)NC2(C)CC2)cc1CN. The van der Waals surface area contributed by atoms with E-state index in [1.54, 1.807) is 12.3 Å². The number of nitrogens with two attached hydrogens (primary N) is 1. The van der Waals surface area contributed by atoms with Crippen molar-refractivity contribution in [3.8, 4) is 0 Å². The van der Waals surface area contributed by atoms with Gasteiger partial charge in [0.25, 0.3) is 0 Å². The van der Waals surface area contributed by atoms with Crippen LogP contribution in [0.5, 0.6) is 0 Å². The van der Waals surface area contributed by atoms with E-state index in [4.69, 9.17) is 5.73 Å². The molecular formula is C11H19N3O2S. The first kappa shape index (κ1) is 12.6. The zero-order valence-electron chi connectivity index (χ0n) is 10.2. The Labute approximate surface area is 102 Å². The second-order valence-electron chi connectivity index (χ2n) is 4.82. The van der Waals surface area contributed by atoms with Crippen molar-refractivity contribution in [1.29, 1.82) is 0 Å². The molecule has 0 spiro atoms. The second kappa shape index (κ2) is 4.12. The summed E-state index contributed by atoms with van der Waals surface area (Å²) in [6, 6.07) is 1.65. The monoisotopic (exact) mass is 257 g/mol. The maximum Gasteiger partial charge on any atom is 0.242 e. The van der Waals surface area contributed by atoms with Gasteiger partial charge >= 0.3 is 0 Å². The molecule has 96 valence electrons. The molecule has 1 aliphatic carbocycles. The highest BCUT2D eigenvalue weighted by Crippen LogP contribution is 2.36. The van der Waals surface area contributed by atoms with E-state index in [-0.39, 0.29) is 5.54 Å². The maximum absolute atomic E-state index is 12.1. The van der Waals surface area contributed by atoms with Crippen LogP contribution in [0, 0.1) is 0 Å². The Bertz CT molecular complexity index is 493. The van der Waals surface area contributed by atoms with Crippen LogP contribution in [0.4, 0.5) is 0 Å². The lowest BCUT2D eigenvalue weighted by atomic mass is 10.4. The summed E-state index contributed by atoms with van der Waals surface area (Å²) in [6.07, 6.45) is 3.46. The normalized spacial score (nSPS) is 18.3. The van der Waals surface area contributed by atoms with Crippen molar-refractivity contribution in [2.24, 2.45) is 5.73 Å². The summed E-state index contributed by atoms with van der Waals surface area (Å²) in [5.41, 5.74) is 6.19. The lowest BCUT2D eigenvalue weighted by molar-refractivity contribution is 0.557. The van der Waals surface area contributed by atoms with Crippen molar-refractivity contribution in [3.63, 3.8) is 0 Å². The van der Waals surface area contributed by atoms with E-state index in [2.05, 4.69) is 4.72 Å². The molecule has 1 fully saturated rings. The van der Waals surface area contributed by atoms with Gasteiger partial charge in [-0.15, -0.1) is 0 Å². The van der Waals surface area contributed by atoms with Gasteiger partial charge in [0.15, 0.2) is 0 Å². The minimum atomic E-state index is -3.40. The number of sulfonamides is 1. The van der Waals surface area contributed by atoms with Gasteiger partial charge in [0, 0.05) is 30.5 Å². The highest BCUT2D eigenvalue weighted by Gasteiger charge is 2.41. The summed E-state index contributed by atoms with van der Waals surface area (Å²) in [7, 11) is -3.40. The van der Waals surface area contributed by atoms with Crippen LogP contribution in [0.1, 0.15) is 32.4 Å². The van der Waals surface area contributed by atoms with Crippen LogP contribution in [-0.4, -0.2) is 18.5 Å². The predicted molar refractivity (Wildman–Crippen MR) is 66.0 cm³/mol. The molecule has 0 saturated heterocycles. The van der Waals surface area contributed by atoms with Crippen LogP contribution in [-0.2, 0) is 23.1 Å². The molecule has 3 N–H and O–H groups in total. The lowest BCUT2D eigenvalue weighted by Gasteiger charge is -2.10. The van der Waals surface area contributed by atoms with Crippen molar-refractivity contribution in [2.45, 2.75) is 50.2 Å². The highest BCUT2D eigenvalue weighted by atomic mass is 32.2. The van der Waals surface area contributed by atoms with Crippen molar-refractivity contribution < 1.29 is 8.42 Å². The Balaban J connectivity index is 2.29. The summed E-state index contributed by atoms with van der Waals surface area (Å²) in [6.45, 7) is 4.95. The van der Waals surface area contributed by atoms with Crippen molar-refractivity contribution in [1.82, 2.24) is 9.29 Å². The number of aryl methyl sites for hydroxylation is 1. The second-order valence-corrected chi connectivity index (χ2v) is 6.51. The van der Waals surface area contributed by atoms with Crippen LogP contribution in [0.15, 0.2) is 17.2 Å². The molecule has 0 aromatic carbocycles. The van der Waals surface area contributed by atoms with Crippen LogP contribution in [0.3, 0.4) is 0 Å². The van der Waals surface area contributed by atoms with E-state index in [0.717, 1.165) is 25.1 Å². The first-order chi connectivity index (χ1) is 7.90. The largest absolute Gasteiger partial charge is 0.349 e. The van der Waals surface area contributed by atoms with Crippen molar-refractivity contribution in [3.05, 3.63) is 18.0 Å². The molecule has 0 amide bonds. The van der Waals surface area contributed by atoms with Gasteiger partial charge in [-0.3, -0.25) is 0 Å². The van der Waals surface area contributed by atoms with Crippen LogP contribution < -0.4 is 10.5 Å². The fraction of sp³-hybridized carbons (Fsp3) is 0.636. The number of aromatic nitrogens is 1. The van der Waals surface area contributed by atoms with E-state index >= 15 is 0 Å². The van der Waals surface area contributed by atoms with Gasteiger partial charge in [-0.1, -0.05) is 0 Å². The summed E-state index contributed by atoms with van der Waals surface area (Å²) >= 11 is 0. The molecule has 1 heterocycles. The van der Waals surface area contributed by atoms with Crippen LogP contribution >= 0.6 is 0 Å². The lowest BCUT2D eigenvalue weighted by Crippen LogP contribution is -2.34. The molecule has 6 heteroatoms. The number of nitrogens with zero attached hydrogens (tertiary/aromatic N) is 1. The van der Waals surface area contributed by atoms with Gasteiger partial charge in [0.2, 0.25) is 10.0 Å².